The van der Waals surface area contributed by atoms with Gasteiger partial charge in [-0.2, -0.15) is 0 Å². The lowest BCUT2D eigenvalue weighted by atomic mass is 9.97. The number of nitrogens with zero attached hydrogens (tertiary/aromatic N) is 2. The molecule has 0 atom stereocenters. The Balaban J connectivity index is 1.64. The molecule has 4 rings (SSSR count). The Bertz CT molecular complexity index is 1170. The number of thioether (sulfide) groups is 1. The van der Waals surface area contributed by atoms with Gasteiger partial charge in [0, 0.05) is 23.6 Å². The van der Waals surface area contributed by atoms with Gasteiger partial charge in [0.25, 0.3) is 5.56 Å². The average Bonchev–Trinajstić information content (AvgIpc) is 3.12. The van der Waals surface area contributed by atoms with Crippen LogP contribution in [-0.4, -0.2) is 27.2 Å². The van der Waals surface area contributed by atoms with Crippen LogP contribution in [0.25, 0.3) is 10.2 Å². The quantitative estimate of drug-likeness (QED) is 0.419. The number of hydrogen-bond donors (Lipinski definition) is 2. The van der Waals surface area contributed by atoms with Crippen LogP contribution in [0.5, 0.6) is 0 Å². The number of nitrogens with one attached hydrogen (secondary N) is 1. The Morgan fingerprint density at radius 1 is 1.19 bits per heavy atom. The van der Waals surface area contributed by atoms with Gasteiger partial charge in [0.1, 0.15) is 4.83 Å². The second-order valence-corrected chi connectivity index (χ2v) is 9.63. The lowest BCUT2D eigenvalue weighted by molar-refractivity contribution is -0.119. The van der Waals surface area contributed by atoms with Crippen LogP contribution in [0.2, 0.25) is 0 Å². The van der Waals surface area contributed by atoms with E-state index in [2.05, 4.69) is 5.32 Å². The lowest BCUT2D eigenvalue weighted by Gasteiger charge is -2.13. The van der Waals surface area contributed by atoms with E-state index in [9.17, 15) is 14.4 Å². The van der Waals surface area contributed by atoms with Gasteiger partial charge in [0.2, 0.25) is 5.91 Å². The van der Waals surface area contributed by atoms with Crippen molar-refractivity contribution < 1.29 is 9.59 Å². The summed E-state index contributed by atoms with van der Waals surface area (Å²) in [5.41, 5.74) is 7.32. The molecule has 2 aromatic heterocycles. The van der Waals surface area contributed by atoms with Crippen molar-refractivity contribution in [2.45, 2.75) is 50.2 Å². The maximum absolute atomic E-state index is 13.5. The minimum Gasteiger partial charge on any atom is -0.351 e. The van der Waals surface area contributed by atoms with Crippen molar-refractivity contribution in [1.82, 2.24) is 14.9 Å². The highest BCUT2D eigenvalue weighted by Gasteiger charge is 2.22. The normalized spacial score (nSPS) is 13.2. The van der Waals surface area contributed by atoms with Crippen molar-refractivity contribution in [3.63, 3.8) is 0 Å². The Kier molecular flexibility index (Phi) is 6.72. The van der Waals surface area contributed by atoms with Gasteiger partial charge < -0.3 is 5.73 Å². The predicted molar refractivity (Wildman–Crippen MR) is 124 cm³/mol. The van der Waals surface area contributed by atoms with E-state index >= 15 is 0 Å². The zero-order valence-corrected chi connectivity index (χ0v) is 18.7. The summed E-state index contributed by atoms with van der Waals surface area (Å²) >= 11 is 2.98. The maximum atomic E-state index is 13.5. The average molecular weight is 457 g/mol. The summed E-state index contributed by atoms with van der Waals surface area (Å²) in [5.74, 6) is -0.0427. The monoisotopic (exact) mass is 456 g/mol. The fourth-order valence-corrected chi connectivity index (χ4v) is 6.11. The first-order chi connectivity index (χ1) is 15.0. The molecule has 3 amide bonds. The Hall–Kier alpha value is -2.65. The highest BCUT2D eigenvalue weighted by Crippen LogP contribution is 2.34. The number of amides is 3. The largest absolute Gasteiger partial charge is 0.351 e. The van der Waals surface area contributed by atoms with Crippen LogP contribution in [0.15, 0.2) is 40.3 Å². The van der Waals surface area contributed by atoms with Gasteiger partial charge >= 0.3 is 6.03 Å². The standard InChI is InChI=1S/C22H24N4O3S2/c23-21(29)24-17(27)11-13-30-22-25-19-18(15-8-4-5-9-16(15)31-19)20(28)26(22)12-10-14-6-2-1-3-7-14/h1-3,6-7H,4-5,8-13H2,(H3,23,24,27,29). The van der Waals surface area contributed by atoms with Gasteiger partial charge in [-0.15, -0.1) is 11.3 Å². The number of nitrogens with two attached hydrogens (primary N) is 1. The van der Waals surface area contributed by atoms with E-state index in [1.165, 1.54) is 22.2 Å². The van der Waals surface area contributed by atoms with E-state index in [-0.39, 0.29) is 12.0 Å². The molecule has 9 heteroatoms. The van der Waals surface area contributed by atoms with Crippen molar-refractivity contribution in [1.29, 1.82) is 0 Å². The molecule has 0 aliphatic heterocycles. The number of urea groups is 1. The molecule has 0 radical (unpaired) electrons. The molecule has 0 bridgehead atoms. The number of aryl methyl sites for hydroxylation is 3. The molecule has 2 heterocycles. The molecule has 7 nitrogen and oxygen atoms in total. The summed E-state index contributed by atoms with van der Waals surface area (Å²) in [4.78, 5) is 43.0. The summed E-state index contributed by atoms with van der Waals surface area (Å²) in [7, 11) is 0. The van der Waals surface area contributed by atoms with Crippen LogP contribution in [0.4, 0.5) is 4.79 Å². The summed E-state index contributed by atoms with van der Waals surface area (Å²) in [6, 6.07) is 9.18. The van der Waals surface area contributed by atoms with Gasteiger partial charge in [0.15, 0.2) is 5.16 Å². The topological polar surface area (TPSA) is 107 Å². The molecule has 0 spiro atoms. The number of thiophene rings is 1. The maximum Gasteiger partial charge on any atom is 0.318 e. The summed E-state index contributed by atoms with van der Waals surface area (Å²) in [5, 5.41) is 3.44. The Labute approximate surface area is 188 Å². The van der Waals surface area contributed by atoms with Crippen molar-refractivity contribution in [3.05, 3.63) is 56.7 Å². The molecule has 0 saturated heterocycles. The Morgan fingerprint density at radius 3 is 2.74 bits per heavy atom. The third kappa shape index (κ3) is 4.99. The van der Waals surface area contributed by atoms with Gasteiger partial charge in [0.05, 0.1) is 5.39 Å². The molecule has 3 N–H and O–H groups in total. The number of aromatic nitrogens is 2. The van der Waals surface area contributed by atoms with Gasteiger partial charge in [-0.3, -0.25) is 19.5 Å². The minimum atomic E-state index is -0.863. The van der Waals surface area contributed by atoms with Crippen LogP contribution in [0, 0.1) is 0 Å². The van der Waals surface area contributed by atoms with Crippen LogP contribution >= 0.6 is 23.1 Å². The van der Waals surface area contributed by atoms with Crippen molar-refractivity contribution in [3.8, 4) is 0 Å². The summed E-state index contributed by atoms with van der Waals surface area (Å²) in [6.07, 6.45) is 5.03. The van der Waals surface area contributed by atoms with E-state index in [0.29, 0.717) is 17.5 Å². The number of benzene rings is 1. The molecule has 31 heavy (non-hydrogen) atoms. The molecule has 1 aromatic carbocycles. The lowest BCUT2D eigenvalue weighted by Crippen LogP contribution is -2.35. The molecule has 3 aromatic rings. The van der Waals surface area contributed by atoms with Crippen LogP contribution < -0.4 is 16.6 Å². The van der Waals surface area contributed by atoms with Gasteiger partial charge in [-0.25, -0.2) is 9.78 Å². The van der Waals surface area contributed by atoms with E-state index in [4.69, 9.17) is 10.7 Å². The highest BCUT2D eigenvalue weighted by molar-refractivity contribution is 7.99. The zero-order valence-electron chi connectivity index (χ0n) is 17.1. The fraction of sp³-hybridized carbons (Fsp3) is 0.364. The fourth-order valence-electron chi connectivity index (χ4n) is 3.85. The number of rotatable bonds is 7. The number of carbonyl (C=O) groups excluding carboxylic acids is 2. The van der Waals surface area contributed by atoms with E-state index in [0.717, 1.165) is 47.9 Å². The first kappa shape index (κ1) is 21.6. The number of fused-ring (bicyclic) bond motifs is 3. The van der Waals surface area contributed by atoms with E-state index in [1.807, 2.05) is 30.3 Å². The highest BCUT2D eigenvalue weighted by atomic mass is 32.2. The number of imide groups is 1. The van der Waals surface area contributed by atoms with Crippen LogP contribution in [0.3, 0.4) is 0 Å². The SMILES string of the molecule is NC(=O)NC(=O)CCSc1nc2sc3c(c2c(=O)n1CCc1ccccc1)CCCC3. The molecule has 1 aliphatic rings. The number of carbonyl (C=O) groups is 2. The van der Waals surface area contributed by atoms with Crippen LogP contribution in [-0.2, 0) is 30.6 Å². The first-order valence-electron chi connectivity index (χ1n) is 10.3. The zero-order chi connectivity index (χ0) is 21.8. The van der Waals surface area contributed by atoms with Gasteiger partial charge in [-0.1, -0.05) is 42.1 Å². The van der Waals surface area contributed by atoms with Crippen LogP contribution in [0.1, 0.15) is 35.3 Å². The first-order valence-corrected chi connectivity index (χ1v) is 12.1. The van der Waals surface area contributed by atoms with Crippen molar-refractivity contribution in [2.75, 3.05) is 5.75 Å². The smallest absolute Gasteiger partial charge is 0.318 e. The second kappa shape index (κ2) is 9.65. The van der Waals surface area contributed by atoms with Gasteiger partial charge in [-0.05, 0) is 43.2 Å². The number of hydrogen-bond acceptors (Lipinski definition) is 6. The predicted octanol–water partition coefficient (Wildman–Crippen LogP) is 3.26. The molecule has 1 aliphatic carbocycles. The number of primary amides is 1. The molecular formula is C22H24N4O3S2. The summed E-state index contributed by atoms with van der Waals surface area (Å²) < 4.78 is 1.74. The third-order valence-electron chi connectivity index (χ3n) is 5.33. The molecular weight excluding hydrogens is 432 g/mol. The molecule has 162 valence electrons. The second-order valence-electron chi connectivity index (χ2n) is 7.49. The summed E-state index contributed by atoms with van der Waals surface area (Å²) in [6.45, 7) is 0.520. The van der Waals surface area contributed by atoms with Crippen molar-refractivity contribution in [2.24, 2.45) is 5.73 Å². The van der Waals surface area contributed by atoms with E-state index in [1.54, 1.807) is 15.9 Å². The molecule has 0 unspecified atom stereocenters. The molecule has 0 fully saturated rings. The van der Waals surface area contributed by atoms with E-state index < -0.39 is 11.9 Å². The van der Waals surface area contributed by atoms with Crippen molar-refractivity contribution >= 4 is 45.3 Å². The molecule has 0 saturated carbocycles. The third-order valence-corrected chi connectivity index (χ3v) is 7.49. The Morgan fingerprint density at radius 2 is 1.97 bits per heavy atom. The minimum absolute atomic E-state index is 0.00409.